The minimum absolute atomic E-state index is 0.121. The molecule has 0 aliphatic rings. The van der Waals surface area contributed by atoms with E-state index in [2.05, 4.69) is 34.7 Å². The molecular formula is C12H22N4OS. The quantitative estimate of drug-likeness (QED) is 0.761. The SMILES string of the molecule is CCCCC(CC)CNC(=O)c1nnc(NC)s1. The highest BCUT2D eigenvalue weighted by Crippen LogP contribution is 2.15. The standard InChI is InChI=1S/C12H22N4OS/c1-4-6-7-9(5-2)8-14-10(17)11-15-16-12(13-3)18-11/h9H,4-8H2,1-3H3,(H,13,16)(H,14,17). The van der Waals surface area contributed by atoms with E-state index in [1.54, 1.807) is 7.05 Å². The first kappa shape index (κ1) is 14.9. The summed E-state index contributed by atoms with van der Waals surface area (Å²) in [6, 6.07) is 0. The van der Waals surface area contributed by atoms with Crippen LogP contribution in [0.2, 0.25) is 0 Å². The average Bonchev–Trinajstić information content (AvgIpc) is 2.87. The van der Waals surface area contributed by atoms with Crippen LogP contribution in [0.4, 0.5) is 5.13 Å². The molecule has 1 aromatic heterocycles. The van der Waals surface area contributed by atoms with Crippen molar-refractivity contribution < 1.29 is 4.79 Å². The van der Waals surface area contributed by atoms with Gasteiger partial charge in [0.25, 0.3) is 5.91 Å². The average molecular weight is 270 g/mol. The van der Waals surface area contributed by atoms with Gasteiger partial charge in [-0.2, -0.15) is 0 Å². The van der Waals surface area contributed by atoms with E-state index in [-0.39, 0.29) is 5.91 Å². The number of rotatable bonds is 8. The van der Waals surface area contributed by atoms with Gasteiger partial charge in [-0.05, 0) is 12.3 Å². The van der Waals surface area contributed by atoms with Crippen molar-refractivity contribution in [3.63, 3.8) is 0 Å². The summed E-state index contributed by atoms with van der Waals surface area (Å²) in [6.45, 7) is 5.08. The maximum Gasteiger partial charge on any atom is 0.282 e. The van der Waals surface area contributed by atoms with Gasteiger partial charge >= 0.3 is 0 Å². The fourth-order valence-corrected chi connectivity index (χ4v) is 2.29. The summed E-state index contributed by atoms with van der Waals surface area (Å²) < 4.78 is 0. The molecule has 6 heteroatoms. The molecular weight excluding hydrogens is 248 g/mol. The Bertz CT molecular complexity index is 367. The van der Waals surface area contributed by atoms with Crippen LogP contribution in [-0.2, 0) is 0 Å². The van der Waals surface area contributed by atoms with Crippen molar-refractivity contribution in [2.75, 3.05) is 18.9 Å². The van der Waals surface area contributed by atoms with Crippen LogP contribution in [0, 0.1) is 5.92 Å². The number of amides is 1. The highest BCUT2D eigenvalue weighted by atomic mass is 32.1. The van der Waals surface area contributed by atoms with Crippen molar-refractivity contribution in [1.29, 1.82) is 0 Å². The third kappa shape index (κ3) is 4.60. The molecule has 1 rings (SSSR count). The van der Waals surface area contributed by atoms with Gasteiger partial charge in [-0.3, -0.25) is 4.79 Å². The maximum atomic E-state index is 11.8. The van der Waals surface area contributed by atoms with Crippen molar-refractivity contribution in [3.8, 4) is 0 Å². The molecule has 0 aromatic carbocycles. The predicted octanol–water partition coefficient (Wildman–Crippen LogP) is 2.53. The van der Waals surface area contributed by atoms with Crippen LogP contribution < -0.4 is 10.6 Å². The molecule has 1 heterocycles. The lowest BCUT2D eigenvalue weighted by molar-refractivity contribution is 0.0944. The fourth-order valence-electron chi connectivity index (χ4n) is 1.67. The van der Waals surface area contributed by atoms with Crippen LogP contribution in [0.5, 0.6) is 0 Å². The molecule has 5 nitrogen and oxygen atoms in total. The summed E-state index contributed by atoms with van der Waals surface area (Å²) in [5.41, 5.74) is 0. The summed E-state index contributed by atoms with van der Waals surface area (Å²) in [5.74, 6) is 0.439. The van der Waals surface area contributed by atoms with E-state index in [0.717, 1.165) is 13.0 Å². The molecule has 0 fully saturated rings. The number of hydrogen-bond acceptors (Lipinski definition) is 5. The Balaban J connectivity index is 2.39. The Morgan fingerprint density at radius 3 is 2.72 bits per heavy atom. The Labute approximate surface area is 112 Å². The van der Waals surface area contributed by atoms with Gasteiger partial charge in [0, 0.05) is 13.6 Å². The van der Waals surface area contributed by atoms with E-state index in [0.29, 0.717) is 16.1 Å². The molecule has 0 saturated carbocycles. The van der Waals surface area contributed by atoms with Crippen molar-refractivity contribution in [3.05, 3.63) is 5.01 Å². The van der Waals surface area contributed by atoms with Crippen molar-refractivity contribution in [1.82, 2.24) is 15.5 Å². The first-order valence-corrected chi connectivity index (χ1v) is 7.32. The highest BCUT2D eigenvalue weighted by Gasteiger charge is 2.13. The summed E-state index contributed by atoms with van der Waals surface area (Å²) in [4.78, 5) is 11.8. The predicted molar refractivity (Wildman–Crippen MR) is 75.1 cm³/mol. The van der Waals surface area contributed by atoms with Gasteiger partial charge in [0.2, 0.25) is 10.1 Å². The van der Waals surface area contributed by atoms with Gasteiger partial charge in [-0.15, -0.1) is 10.2 Å². The highest BCUT2D eigenvalue weighted by molar-refractivity contribution is 7.17. The van der Waals surface area contributed by atoms with Gasteiger partial charge in [-0.25, -0.2) is 0 Å². The molecule has 102 valence electrons. The van der Waals surface area contributed by atoms with Crippen molar-refractivity contribution >= 4 is 22.4 Å². The van der Waals surface area contributed by atoms with Gasteiger partial charge < -0.3 is 10.6 Å². The number of nitrogens with zero attached hydrogens (tertiary/aromatic N) is 2. The van der Waals surface area contributed by atoms with Gasteiger partial charge in [0.15, 0.2) is 0 Å². The lowest BCUT2D eigenvalue weighted by Crippen LogP contribution is -2.29. The van der Waals surface area contributed by atoms with Crippen molar-refractivity contribution in [2.24, 2.45) is 5.92 Å². The molecule has 18 heavy (non-hydrogen) atoms. The topological polar surface area (TPSA) is 66.9 Å². The van der Waals surface area contributed by atoms with E-state index < -0.39 is 0 Å². The van der Waals surface area contributed by atoms with E-state index >= 15 is 0 Å². The monoisotopic (exact) mass is 270 g/mol. The van der Waals surface area contributed by atoms with Crippen LogP contribution in [0.1, 0.15) is 49.3 Å². The largest absolute Gasteiger partial charge is 0.363 e. The van der Waals surface area contributed by atoms with Gasteiger partial charge in [0.1, 0.15) is 0 Å². The zero-order valence-electron chi connectivity index (χ0n) is 11.3. The molecule has 1 atom stereocenters. The van der Waals surface area contributed by atoms with Crippen LogP contribution >= 0.6 is 11.3 Å². The molecule has 2 N–H and O–H groups in total. The van der Waals surface area contributed by atoms with Crippen LogP contribution in [0.25, 0.3) is 0 Å². The van der Waals surface area contributed by atoms with Gasteiger partial charge in [0.05, 0.1) is 0 Å². The Hall–Kier alpha value is -1.17. The number of anilines is 1. The number of hydrogen-bond donors (Lipinski definition) is 2. The zero-order chi connectivity index (χ0) is 13.4. The molecule has 1 aromatic rings. The zero-order valence-corrected chi connectivity index (χ0v) is 12.1. The summed E-state index contributed by atoms with van der Waals surface area (Å²) in [5, 5.41) is 14.6. The molecule has 0 bridgehead atoms. The molecule has 0 saturated heterocycles. The summed E-state index contributed by atoms with van der Waals surface area (Å²) in [7, 11) is 1.76. The Kier molecular flexibility index (Phi) is 6.64. The maximum absolute atomic E-state index is 11.8. The fraction of sp³-hybridized carbons (Fsp3) is 0.750. The number of nitrogens with one attached hydrogen (secondary N) is 2. The third-order valence-corrected chi connectivity index (χ3v) is 3.87. The van der Waals surface area contributed by atoms with Crippen LogP contribution in [0.15, 0.2) is 0 Å². The Morgan fingerprint density at radius 1 is 1.39 bits per heavy atom. The van der Waals surface area contributed by atoms with E-state index in [1.165, 1.54) is 30.6 Å². The molecule has 1 unspecified atom stereocenters. The first-order valence-electron chi connectivity index (χ1n) is 6.50. The number of unbranched alkanes of at least 4 members (excludes halogenated alkanes) is 1. The minimum atomic E-state index is -0.121. The summed E-state index contributed by atoms with van der Waals surface area (Å²) in [6.07, 6.45) is 4.69. The normalized spacial score (nSPS) is 12.2. The molecule has 0 aliphatic carbocycles. The number of aromatic nitrogens is 2. The first-order chi connectivity index (χ1) is 8.71. The second-order valence-electron chi connectivity index (χ2n) is 4.29. The van der Waals surface area contributed by atoms with Gasteiger partial charge in [-0.1, -0.05) is 44.4 Å². The third-order valence-electron chi connectivity index (χ3n) is 2.93. The smallest absolute Gasteiger partial charge is 0.282 e. The molecule has 0 radical (unpaired) electrons. The van der Waals surface area contributed by atoms with E-state index in [1.807, 2.05) is 0 Å². The van der Waals surface area contributed by atoms with Crippen molar-refractivity contribution in [2.45, 2.75) is 39.5 Å². The summed E-state index contributed by atoms with van der Waals surface area (Å²) >= 11 is 1.27. The van der Waals surface area contributed by atoms with Crippen LogP contribution in [0.3, 0.4) is 0 Å². The molecule has 1 amide bonds. The second kappa shape index (κ2) is 8.02. The van der Waals surface area contributed by atoms with E-state index in [4.69, 9.17) is 0 Å². The molecule has 0 spiro atoms. The van der Waals surface area contributed by atoms with E-state index in [9.17, 15) is 4.79 Å². The van der Waals surface area contributed by atoms with Crippen LogP contribution in [-0.4, -0.2) is 29.7 Å². The minimum Gasteiger partial charge on any atom is -0.363 e. The lowest BCUT2D eigenvalue weighted by Gasteiger charge is -2.14. The number of carbonyl (C=O) groups is 1. The Morgan fingerprint density at radius 2 is 2.17 bits per heavy atom. The molecule has 0 aliphatic heterocycles. The number of carbonyl (C=O) groups excluding carboxylic acids is 1. The lowest BCUT2D eigenvalue weighted by atomic mass is 9.99. The second-order valence-corrected chi connectivity index (χ2v) is 5.27.